The number of carbonyl (C=O) groups is 6. The van der Waals surface area contributed by atoms with E-state index in [0.717, 1.165) is 16.8 Å². The number of amides is 4. The average molecular weight is 1040 g/mol. The molecule has 0 spiro atoms. The van der Waals surface area contributed by atoms with E-state index in [4.69, 9.17) is 9.47 Å². The molecule has 5 aromatic carbocycles. The number of anilines is 1. The third kappa shape index (κ3) is 15.5. The van der Waals surface area contributed by atoms with E-state index in [9.17, 15) is 33.9 Å². The van der Waals surface area contributed by atoms with Crippen LogP contribution in [0.15, 0.2) is 115 Å². The molecule has 5 N–H and O–H groups in total. The molecule has 404 valence electrons. The number of epoxide rings is 1. The molecule has 1 saturated heterocycles. The highest BCUT2D eigenvalue weighted by atomic mass is 16.6. The molecule has 4 amide bonds. The predicted octanol–water partition coefficient (Wildman–Crippen LogP) is 8.15. The first-order valence-electron chi connectivity index (χ1n) is 26.5. The second kappa shape index (κ2) is 27.3. The first-order chi connectivity index (χ1) is 36.3. The van der Waals surface area contributed by atoms with Gasteiger partial charge in [-0.2, -0.15) is 0 Å². The summed E-state index contributed by atoms with van der Waals surface area (Å²) in [6.07, 6.45) is 1.16. The first kappa shape index (κ1) is 59.3. The van der Waals surface area contributed by atoms with Gasteiger partial charge in [-0.15, -0.1) is 0 Å². The molecule has 2 heterocycles. The molecule has 1 fully saturated rings. The molecule has 76 heavy (non-hydrogen) atoms. The lowest BCUT2D eigenvalue weighted by molar-refractivity contribution is -0.134. The number of benzene rings is 5. The fourth-order valence-corrected chi connectivity index (χ4v) is 8.94. The number of carboxylic acid groups (broad SMARTS) is 1. The lowest BCUT2D eigenvalue weighted by Gasteiger charge is -2.28. The van der Waals surface area contributed by atoms with Gasteiger partial charge >= 0.3 is 5.97 Å². The Kier molecular flexibility index (Phi) is 21.3. The normalized spacial score (nSPS) is 15.5. The number of carboxylic acids is 1. The summed E-state index contributed by atoms with van der Waals surface area (Å²) in [7, 11) is 3.82. The Balaban J connectivity index is 0.00000260. The van der Waals surface area contributed by atoms with Crippen LogP contribution in [0.3, 0.4) is 0 Å². The minimum absolute atomic E-state index is 0.000522. The molecule has 2 aliphatic rings. The zero-order valence-corrected chi connectivity index (χ0v) is 46.0. The number of nitrogens with one attached hydrogen (secondary N) is 4. The van der Waals surface area contributed by atoms with E-state index in [0.29, 0.717) is 51.5 Å². The third-order valence-corrected chi connectivity index (χ3v) is 12.9. The van der Waals surface area contributed by atoms with Gasteiger partial charge in [0.2, 0.25) is 17.7 Å². The number of Topliss-reactive ketones (excluding diaryl/α,β-unsaturated/α-hetero) is 1. The number of hydrogen-bond donors (Lipinski definition) is 5. The van der Waals surface area contributed by atoms with E-state index in [2.05, 4.69) is 27.8 Å². The van der Waals surface area contributed by atoms with Crippen LogP contribution in [0.2, 0.25) is 0 Å². The number of ketones is 1. The van der Waals surface area contributed by atoms with E-state index in [1.165, 1.54) is 12.1 Å². The predicted molar refractivity (Wildman–Crippen MR) is 300 cm³/mol. The molecule has 0 radical (unpaired) electrons. The number of nitrogens with zero attached hydrogens (tertiary/aromatic N) is 1. The lowest BCUT2D eigenvalue weighted by atomic mass is 9.88. The van der Waals surface area contributed by atoms with Crippen LogP contribution < -0.4 is 41.3 Å². The maximum atomic E-state index is 14.6. The molecular formula is C62H77N5O9. The summed E-state index contributed by atoms with van der Waals surface area (Å²) in [5.41, 5.74) is 3.04. The molecule has 5 atom stereocenters. The number of rotatable bonds is 22. The van der Waals surface area contributed by atoms with Crippen molar-refractivity contribution >= 4 is 53.2 Å². The zero-order chi connectivity index (χ0) is 55.9. The molecule has 0 aliphatic carbocycles. The molecule has 5 aromatic rings. The smallest absolute Gasteiger partial charge is 0.336 e. The van der Waals surface area contributed by atoms with Gasteiger partial charge in [-0.25, -0.2) is 4.79 Å². The maximum absolute atomic E-state index is 14.6. The number of aromatic carboxylic acids is 1. The zero-order valence-electron chi connectivity index (χ0n) is 46.0. The molecular weight excluding hydrogens is 959 g/mol. The van der Waals surface area contributed by atoms with Crippen LogP contribution in [0.25, 0.3) is 12.2 Å². The van der Waals surface area contributed by atoms with Crippen LogP contribution in [0.1, 0.15) is 125 Å². The third-order valence-electron chi connectivity index (χ3n) is 12.9. The number of hydrogen-bond acceptors (Lipinski definition) is 9. The molecule has 14 heteroatoms. The van der Waals surface area contributed by atoms with Crippen LogP contribution >= 0.6 is 0 Å². The minimum atomic E-state index is -1.27. The molecule has 0 saturated carbocycles. The van der Waals surface area contributed by atoms with Gasteiger partial charge in [0.25, 0.3) is 5.91 Å². The van der Waals surface area contributed by atoms with Gasteiger partial charge in [-0.05, 0) is 96.7 Å². The summed E-state index contributed by atoms with van der Waals surface area (Å²) < 4.78 is 11.8. The van der Waals surface area contributed by atoms with E-state index < -0.39 is 59.4 Å². The largest absolute Gasteiger partial charge is 0.478 e. The Hall–Kier alpha value is -7.58. The Bertz CT molecular complexity index is 2950. The summed E-state index contributed by atoms with van der Waals surface area (Å²) in [4.78, 5) is 86.2. The van der Waals surface area contributed by atoms with Crippen LogP contribution in [-0.4, -0.2) is 91.0 Å². The SMILES string of the molecule is C=c1ccc2c(c1)Oc1cc(N(C)C)ccc1C=2c1ccc(C(=O)N[C@@H](CCc2ccccc2)C(=O)NC(CC(C)C)C(=O)N[C@@H](Cc2ccccc2)C(=O)NC(CC(C)C)C(=O)C2(C)CO2)cc1C(=O)O.CC.CC. The molecule has 2 aliphatic heterocycles. The van der Waals surface area contributed by atoms with Crippen molar-refractivity contribution in [3.63, 3.8) is 0 Å². The highest BCUT2D eigenvalue weighted by Gasteiger charge is 2.50. The van der Waals surface area contributed by atoms with Crippen molar-refractivity contribution in [1.29, 1.82) is 0 Å². The Labute approximate surface area is 448 Å². The number of fused-ring (bicyclic) bond motifs is 2. The quantitative estimate of drug-likeness (QED) is 0.0414. The van der Waals surface area contributed by atoms with Crippen LogP contribution in [-0.2, 0) is 36.8 Å². The van der Waals surface area contributed by atoms with Crippen molar-refractivity contribution in [2.24, 2.45) is 11.8 Å². The van der Waals surface area contributed by atoms with Gasteiger partial charge in [0, 0.05) is 54.2 Å². The van der Waals surface area contributed by atoms with E-state index >= 15 is 0 Å². The van der Waals surface area contributed by atoms with Crippen molar-refractivity contribution < 1.29 is 43.3 Å². The molecule has 0 aromatic heterocycles. The molecule has 0 bridgehead atoms. The van der Waals surface area contributed by atoms with Crippen molar-refractivity contribution in [2.45, 2.75) is 124 Å². The fourth-order valence-electron chi connectivity index (χ4n) is 8.94. The number of carbonyl (C=O) groups excluding carboxylic acids is 5. The molecule has 3 unspecified atom stereocenters. The van der Waals surface area contributed by atoms with E-state index in [1.54, 1.807) is 19.1 Å². The first-order valence-corrected chi connectivity index (χ1v) is 26.5. The van der Waals surface area contributed by atoms with Crippen molar-refractivity contribution in [3.05, 3.63) is 159 Å². The van der Waals surface area contributed by atoms with E-state index in [1.807, 2.05) is 165 Å². The van der Waals surface area contributed by atoms with Gasteiger partial charge in [-0.3, -0.25) is 24.0 Å². The summed E-state index contributed by atoms with van der Waals surface area (Å²) in [6, 6.07) is 29.8. The van der Waals surface area contributed by atoms with Crippen molar-refractivity contribution in [1.82, 2.24) is 21.3 Å². The number of aryl methyl sites for hydroxylation is 1. The second-order valence-electron chi connectivity index (χ2n) is 20.0. The van der Waals surface area contributed by atoms with Crippen molar-refractivity contribution in [2.75, 3.05) is 25.6 Å². The van der Waals surface area contributed by atoms with Gasteiger partial charge in [0.1, 0.15) is 35.2 Å². The molecule has 14 nitrogen and oxygen atoms in total. The Morgan fingerprint density at radius 3 is 1.79 bits per heavy atom. The van der Waals surface area contributed by atoms with Crippen LogP contribution in [0, 0.1) is 11.8 Å². The maximum Gasteiger partial charge on any atom is 0.336 e. The van der Waals surface area contributed by atoms with E-state index in [-0.39, 0.29) is 54.6 Å². The minimum Gasteiger partial charge on any atom is -0.478 e. The molecule has 7 rings (SSSR count). The highest BCUT2D eigenvalue weighted by molar-refractivity contribution is 6.04. The lowest BCUT2D eigenvalue weighted by Crippen LogP contribution is -2.59. The summed E-state index contributed by atoms with van der Waals surface area (Å²) >= 11 is 0. The van der Waals surface area contributed by atoms with Crippen LogP contribution in [0.5, 0.6) is 11.5 Å². The van der Waals surface area contributed by atoms with Crippen LogP contribution in [0.4, 0.5) is 5.69 Å². The van der Waals surface area contributed by atoms with Gasteiger partial charge < -0.3 is 40.7 Å². The van der Waals surface area contributed by atoms with Gasteiger partial charge in [0.05, 0.1) is 18.2 Å². The summed E-state index contributed by atoms with van der Waals surface area (Å²) in [5.74, 6) is -3.02. The Morgan fingerprint density at radius 1 is 0.645 bits per heavy atom. The number of ether oxygens (including phenoxy) is 2. The summed E-state index contributed by atoms with van der Waals surface area (Å²) in [6.45, 7) is 21.7. The second-order valence-corrected chi connectivity index (χ2v) is 20.0. The monoisotopic (exact) mass is 1040 g/mol. The average Bonchev–Trinajstić information content (AvgIpc) is 4.17. The summed E-state index contributed by atoms with van der Waals surface area (Å²) in [5, 5.41) is 23.7. The standard InChI is InChI=1S/C58H65N5O9.2C2H6/c1-34(2)27-46(52(64)58(6)33-71-58)60-56(68)48(30-38-17-13-10-14-18-38)62-55(67)47(28-35(3)4)61-54(66)45(26-20-37-15-11-9-12-16-37)59-53(65)39-21-24-41(44(31-39)57(69)70)51-42-23-19-36(5)29-49(42)72-50-32-40(63(7)8)22-25-43(50)51;2*1-2/h9-19,21-25,29,31-32,34-35,45-48H,5,20,26-28,30,33H2,1-4,6-8H3,(H,59,65)(H,60,68)(H,61,66)(H,62,67)(H,69,70);2*1-2H3/t45-,46?,47?,48-,58?;;/m0../s1. The van der Waals surface area contributed by atoms with Crippen molar-refractivity contribution in [3.8, 4) is 11.5 Å². The Morgan fingerprint density at radius 2 is 1.20 bits per heavy atom. The highest BCUT2D eigenvalue weighted by Crippen LogP contribution is 2.39. The topological polar surface area (TPSA) is 196 Å². The van der Waals surface area contributed by atoms with Gasteiger partial charge in [-0.1, -0.05) is 141 Å². The van der Waals surface area contributed by atoms with Gasteiger partial charge in [0.15, 0.2) is 5.78 Å². The fraction of sp³-hybridized carbons (Fsp3) is 0.387.